The van der Waals surface area contributed by atoms with E-state index in [1.165, 1.54) is 11.3 Å². The van der Waals surface area contributed by atoms with Crippen LogP contribution >= 0.6 is 23.1 Å². The highest BCUT2D eigenvalue weighted by atomic mass is 32.2. The van der Waals surface area contributed by atoms with Crippen LogP contribution < -0.4 is 5.73 Å². The largest absolute Gasteiger partial charge is 0.399 e. The molecule has 2 N–H and O–H groups in total. The maximum Gasteiger partial charge on any atom is 0.178 e. The molecule has 0 radical (unpaired) electrons. The van der Waals surface area contributed by atoms with Gasteiger partial charge in [-0.25, -0.2) is 0 Å². The van der Waals surface area contributed by atoms with Gasteiger partial charge in [0.15, 0.2) is 4.34 Å². The summed E-state index contributed by atoms with van der Waals surface area (Å²) in [4.78, 5) is 1.11. The summed E-state index contributed by atoms with van der Waals surface area (Å²) in [6.45, 7) is 2.03. The van der Waals surface area contributed by atoms with Crippen molar-refractivity contribution in [3.8, 4) is 0 Å². The number of nitrogen functional groups attached to an aromatic ring is 1. The molecule has 0 atom stereocenters. The third kappa shape index (κ3) is 2.24. The molecule has 72 valence electrons. The van der Waals surface area contributed by atoms with E-state index in [1.807, 2.05) is 19.1 Å². The van der Waals surface area contributed by atoms with E-state index >= 15 is 0 Å². The quantitative estimate of drug-likeness (QED) is 0.795. The molecule has 0 bridgehead atoms. The smallest absolute Gasteiger partial charge is 0.178 e. The number of nitrogens with two attached hydrogens (primary N) is 1. The maximum atomic E-state index is 5.74. The third-order valence-electron chi connectivity index (χ3n) is 1.62. The Bertz CT molecular complexity index is 405. The maximum absolute atomic E-state index is 5.74. The molecule has 2 rings (SSSR count). The van der Waals surface area contributed by atoms with Crippen LogP contribution in [-0.4, -0.2) is 10.2 Å². The molecule has 0 aliphatic heterocycles. The summed E-state index contributed by atoms with van der Waals surface area (Å²) in [5.74, 6) is 0. The standard InChI is InChI=1S/C9H9N3S2/c1-6-2-7(10)4-8(3-6)14-9-12-11-5-13-9/h2-5H,10H2,1H3. The van der Waals surface area contributed by atoms with Gasteiger partial charge in [0.1, 0.15) is 5.51 Å². The lowest BCUT2D eigenvalue weighted by Crippen LogP contribution is -1.86. The molecule has 1 heterocycles. The zero-order chi connectivity index (χ0) is 9.97. The molecule has 3 nitrogen and oxygen atoms in total. The molecule has 0 aliphatic rings. The number of nitrogens with zero attached hydrogens (tertiary/aromatic N) is 2. The van der Waals surface area contributed by atoms with E-state index < -0.39 is 0 Å². The van der Waals surface area contributed by atoms with Crippen LogP contribution in [0.15, 0.2) is 32.9 Å². The Hall–Kier alpha value is -1.07. The molecule has 1 aromatic carbocycles. The van der Waals surface area contributed by atoms with Crippen molar-refractivity contribution in [3.05, 3.63) is 29.3 Å². The Kier molecular flexibility index (Phi) is 2.69. The van der Waals surface area contributed by atoms with Crippen LogP contribution in [0, 0.1) is 6.92 Å². The van der Waals surface area contributed by atoms with Gasteiger partial charge in [-0.3, -0.25) is 0 Å². The average molecular weight is 223 g/mol. The van der Waals surface area contributed by atoms with Gasteiger partial charge in [-0.1, -0.05) is 23.1 Å². The molecular weight excluding hydrogens is 214 g/mol. The molecule has 14 heavy (non-hydrogen) atoms. The number of anilines is 1. The van der Waals surface area contributed by atoms with Crippen molar-refractivity contribution in [3.63, 3.8) is 0 Å². The lowest BCUT2D eigenvalue weighted by Gasteiger charge is -2.01. The van der Waals surface area contributed by atoms with Gasteiger partial charge in [0.2, 0.25) is 0 Å². The zero-order valence-electron chi connectivity index (χ0n) is 7.60. The Morgan fingerprint density at radius 2 is 2.21 bits per heavy atom. The van der Waals surface area contributed by atoms with Crippen molar-refractivity contribution >= 4 is 28.8 Å². The highest BCUT2D eigenvalue weighted by Crippen LogP contribution is 2.30. The van der Waals surface area contributed by atoms with E-state index in [-0.39, 0.29) is 0 Å². The van der Waals surface area contributed by atoms with Crippen LogP contribution in [-0.2, 0) is 0 Å². The first-order chi connectivity index (χ1) is 6.74. The highest BCUT2D eigenvalue weighted by Gasteiger charge is 2.01. The van der Waals surface area contributed by atoms with E-state index in [9.17, 15) is 0 Å². The van der Waals surface area contributed by atoms with Crippen LogP contribution in [0.2, 0.25) is 0 Å². The van der Waals surface area contributed by atoms with Crippen molar-refractivity contribution in [1.82, 2.24) is 10.2 Å². The fourth-order valence-corrected chi connectivity index (χ4v) is 2.76. The van der Waals surface area contributed by atoms with Gasteiger partial charge in [-0.15, -0.1) is 10.2 Å². The summed E-state index contributed by atoms with van der Waals surface area (Å²) in [5.41, 5.74) is 9.42. The van der Waals surface area contributed by atoms with Crippen molar-refractivity contribution in [1.29, 1.82) is 0 Å². The van der Waals surface area contributed by atoms with Crippen LogP contribution in [0.1, 0.15) is 5.56 Å². The number of benzene rings is 1. The first-order valence-corrected chi connectivity index (χ1v) is 5.75. The van der Waals surface area contributed by atoms with Gasteiger partial charge < -0.3 is 5.73 Å². The first-order valence-electron chi connectivity index (χ1n) is 4.05. The Labute approximate surface area is 90.4 Å². The molecule has 0 aliphatic carbocycles. The fraction of sp³-hybridized carbons (Fsp3) is 0.111. The molecule has 0 saturated carbocycles. The summed E-state index contributed by atoms with van der Waals surface area (Å²) in [6, 6.07) is 5.98. The third-order valence-corrected chi connectivity index (χ3v) is 3.37. The number of aryl methyl sites for hydroxylation is 1. The predicted octanol–water partition coefficient (Wildman–Crippen LogP) is 2.58. The second-order valence-corrected chi connectivity index (χ2v) is 5.04. The van der Waals surface area contributed by atoms with E-state index in [0.717, 1.165) is 20.5 Å². The molecule has 0 fully saturated rings. The second kappa shape index (κ2) is 3.98. The number of aromatic nitrogens is 2. The topological polar surface area (TPSA) is 51.8 Å². The van der Waals surface area contributed by atoms with Gasteiger partial charge in [-0.2, -0.15) is 0 Å². The predicted molar refractivity (Wildman–Crippen MR) is 59.6 cm³/mol. The summed E-state index contributed by atoms with van der Waals surface area (Å²) in [7, 11) is 0. The molecule has 1 aromatic heterocycles. The van der Waals surface area contributed by atoms with Gasteiger partial charge in [0.25, 0.3) is 0 Å². The summed E-state index contributed by atoms with van der Waals surface area (Å²) >= 11 is 3.12. The van der Waals surface area contributed by atoms with Gasteiger partial charge in [-0.05, 0) is 30.7 Å². The Balaban J connectivity index is 2.25. The van der Waals surface area contributed by atoms with E-state index in [0.29, 0.717) is 0 Å². The minimum absolute atomic E-state index is 0.789. The SMILES string of the molecule is Cc1cc(N)cc(Sc2nncs2)c1. The van der Waals surface area contributed by atoms with Gasteiger partial charge >= 0.3 is 0 Å². The molecule has 5 heteroatoms. The second-order valence-electron chi connectivity index (χ2n) is 2.89. The van der Waals surface area contributed by atoms with Gasteiger partial charge in [0.05, 0.1) is 0 Å². The average Bonchev–Trinajstić information content (AvgIpc) is 2.54. The summed E-state index contributed by atoms with van der Waals surface area (Å²) in [6.07, 6.45) is 0. The first kappa shape index (κ1) is 9.48. The molecule has 2 aromatic rings. The van der Waals surface area contributed by atoms with E-state index in [4.69, 9.17) is 5.73 Å². The summed E-state index contributed by atoms with van der Waals surface area (Å²) < 4.78 is 0.940. The fourth-order valence-electron chi connectivity index (χ4n) is 1.14. The monoisotopic (exact) mass is 223 g/mol. The molecule has 0 amide bonds. The van der Waals surface area contributed by atoms with Crippen LogP contribution in [0.3, 0.4) is 0 Å². The lowest BCUT2D eigenvalue weighted by atomic mass is 10.2. The molecular formula is C9H9N3S2. The van der Waals surface area contributed by atoms with E-state index in [2.05, 4.69) is 16.3 Å². The Morgan fingerprint density at radius 3 is 2.86 bits per heavy atom. The van der Waals surface area contributed by atoms with Crippen LogP contribution in [0.4, 0.5) is 5.69 Å². The van der Waals surface area contributed by atoms with E-state index in [1.54, 1.807) is 17.3 Å². The molecule has 0 saturated heterocycles. The number of rotatable bonds is 2. The van der Waals surface area contributed by atoms with Gasteiger partial charge in [0, 0.05) is 10.6 Å². The molecule has 0 unspecified atom stereocenters. The molecule has 0 spiro atoms. The lowest BCUT2D eigenvalue weighted by molar-refractivity contribution is 1.01. The minimum Gasteiger partial charge on any atom is -0.399 e. The van der Waals surface area contributed by atoms with Crippen LogP contribution in [0.5, 0.6) is 0 Å². The van der Waals surface area contributed by atoms with Crippen molar-refractivity contribution in [2.45, 2.75) is 16.2 Å². The van der Waals surface area contributed by atoms with Crippen molar-refractivity contribution in [2.24, 2.45) is 0 Å². The summed E-state index contributed by atoms with van der Waals surface area (Å²) in [5, 5.41) is 7.74. The normalized spacial score (nSPS) is 10.4. The van der Waals surface area contributed by atoms with Crippen molar-refractivity contribution < 1.29 is 0 Å². The highest BCUT2D eigenvalue weighted by molar-refractivity contribution is 8.01. The zero-order valence-corrected chi connectivity index (χ0v) is 9.23. The Morgan fingerprint density at radius 1 is 1.36 bits per heavy atom. The van der Waals surface area contributed by atoms with Crippen LogP contribution in [0.25, 0.3) is 0 Å². The number of hydrogen-bond donors (Lipinski definition) is 1. The van der Waals surface area contributed by atoms with Crippen molar-refractivity contribution in [2.75, 3.05) is 5.73 Å². The number of hydrogen-bond acceptors (Lipinski definition) is 5. The minimum atomic E-state index is 0.789.